The fourth-order valence-electron chi connectivity index (χ4n) is 3.08. The summed E-state index contributed by atoms with van der Waals surface area (Å²) in [6, 6.07) is 9.51. The molecule has 0 saturated carbocycles. The molecule has 0 saturated heterocycles. The molecule has 146 valence electrons. The van der Waals surface area contributed by atoms with E-state index in [1.54, 1.807) is 19.3 Å². The summed E-state index contributed by atoms with van der Waals surface area (Å²) in [7, 11) is -2.18. The van der Waals surface area contributed by atoms with E-state index in [0.29, 0.717) is 9.90 Å². The summed E-state index contributed by atoms with van der Waals surface area (Å²) in [4.78, 5) is 7.50. The Bertz CT molecular complexity index is 1170. The largest absolute Gasteiger partial charge is 0.369 e. The highest BCUT2D eigenvalue weighted by Crippen LogP contribution is 2.44. The maximum Gasteiger partial charge on any atom is 0.239 e. The molecule has 0 amide bonds. The van der Waals surface area contributed by atoms with Crippen LogP contribution in [0.25, 0.3) is 16.1 Å². The highest BCUT2D eigenvalue weighted by Gasteiger charge is 2.42. The number of hydrogen-bond donors (Lipinski definition) is 1. The molecule has 3 aromatic rings. The molecule has 0 unspecified atom stereocenters. The minimum atomic E-state index is -3.57. The van der Waals surface area contributed by atoms with E-state index in [2.05, 4.69) is 15.2 Å². The third-order valence-electron chi connectivity index (χ3n) is 4.52. The lowest BCUT2D eigenvalue weighted by Crippen LogP contribution is -2.50. The third kappa shape index (κ3) is 3.17. The van der Waals surface area contributed by atoms with E-state index in [4.69, 9.17) is 17.3 Å². The molecule has 2 aromatic heterocycles. The number of nitrogens with two attached hydrogens (primary N) is 1. The van der Waals surface area contributed by atoms with Crippen molar-refractivity contribution in [2.45, 2.75) is 12.5 Å². The fourth-order valence-corrected chi connectivity index (χ4v) is 6.24. The summed E-state index contributed by atoms with van der Waals surface area (Å²) in [5, 5.41) is 8.74. The van der Waals surface area contributed by atoms with Gasteiger partial charge in [-0.15, -0.1) is 11.3 Å². The molecule has 1 aliphatic heterocycles. The van der Waals surface area contributed by atoms with Crippen molar-refractivity contribution in [3.8, 4) is 16.1 Å². The molecule has 4 rings (SSSR count). The van der Waals surface area contributed by atoms with Crippen LogP contribution < -0.4 is 5.73 Å². The highest BCUT2D eigenvalue weighted by molar-refractivity contribution is 7.89. The number of benzene rings is 1. The third-order valence-corrected chi connectivity index (χ3v) is 8.32. The monoisotopic (exact) mass is 436 g/mol. The van der Waals surface area contributed by atoms with Crippen molar-refractivity contribution >= 4 is 38.9 Å². The lowest BCUT2D eigenvalue weighted by atomic mass is 10.0. The van der Waals surface area contributed by atoms with Crippen LogP contribution in [0.5, 0.6) is 0 Å². The summed E-state index contributed by atoms with van der Waals surface area (Å²) in [6.45, 7) is 1.73. The van der Waals surface area contributed by atoms with Crippen LogP contribution in [0.1, 0.15) is 11.8 Å². The second-order valence-electron chi connectivity index (χ2n) is 6.62. The van der Waals surface area contributed by atoms with Gasteiger partial charge < -0.3 is 5.73 Å². The molecule has 0 aliphatic carbocycles. The van der Waals surface area contributed by atoms with E-state index in [0.717, 1.165) is 20.4 Å². The first kappa shape index (κ1) is 18.9. The number of nitrogens with zero attached hydrogens (tertiary/aromatic N) is 5. The molecule has 8 nitrogen and oxygen atoms in total. The van der Waals surface area contributed by atoms with E-state index in [-0.39, 0.29) is 11.7 Å². The van der Waals surface area contributed by atoms with E-state index >= 15 is 0 Å². The van der Waals surface area contributed by atoms with Crippen LogP contribution in [-0.4, -0.2) is 46.5 Å². The van der Waals surface area contributed by atoms with Gasteiger partial charge in [-0.3, -0.25) is 0 Å². The minimum Gasteiger partial charge on any atom is -0.369 e. The van der Waals surface area contributed by atoms with Gasteiger partial charge in [0.05, 0.1) is 33.7 Å². The predicted molar refractivity (Wildman–Crippen MR) is 110 cm³/mol. The Balaban J connectivity index is 1.77. The number of thiophene rings is 1. The number of rotatable bonds is 3. The topological polar surface area (TPSA) is 106 Å². The number of aliphatic imine (C=N–C) groups is 1. The van der Waals surface area contributed by atoms with Crippen LogP contribution in [-0.2, 0) is 15.6 Å². The molecule has 0 radical (unpaired) electrons. The number of halogens is 1. The summed E-state index contributed by atoms with van der Waals surface area (Å²) < 4.78 is 25.9. The van der Waals surface area contributed by atoms with Crippen molar-refractivity contribution in [1.29, 1.82) is 0 Å². The Labute approximate surface area is 171 Å². The van der Waals surface area contributed by atoms with Crippen molar-refractivity contribution in [3.63, 3.8) is 0 Å². The van der Waals surface area contributed by atoms with Crippen LogP contribution in [0, 0.1) is 0 Å². The first-order valence-corrected chi connectivity index (χ1v) is 11.1. The zero-order valence-electron chi connectivity index (χ0n) is 15.1. The van der Waals surface area contributed by atoms with Crippen LogP contribution in [0.15, 0.2) is 47.7 Å². The van der Waals surface area contributed by atoms with Gasteiger partial charge in [0.25, 0.3) is 0 Å². The van der Waals surface area contributed by atoms with Crippen molar-refractivity contribution in [2.75, 3.05) is 12.8 Å². The first-order valence-electron chi connectivity index (χ1n) is 8.28. The molecular formula is C17H17ClN6O2S2. The van der Waals surface area contributed by atoms with Gasteiger partial charge in [0, 0.05) is 11.9 Å². The van der Waals surface area contributed by atoms with Gasteiger partial charge in [-0.1, -0.05) is 23.7 Å². The van der Waals surface area contributed by atoms with Crippen molar-refractivity contribution in [2.24, 2.45) is 10.7 Å². The maximum absolute atomic E-state index is 12.5. The molecule has 3 heterocycles. The Kier molecular flexibility index (Phi) is 4.44. The molecule has 1 aliphatic rings. The van der Waals surface area contributed by atoms with E-state index in [1.807, 2.05) is 30.3 Å². The van der Waals surface area contributed by atoms with Crippen molar-refractivity contribution in [1.82, 2.24) is 19.3 Å². The standard InChI is InChI=1S/C17H17ClN6O2S2/c1-17(10-28(25,26)23(2)16(19)22-17)15-13(18)9-14(27-15)11-4-3-5-12(8-11)24-20-6-7-21-24/h3-9H,10H2,1-2H3,(H2,19,22)/t17-/m0/s1. The number of sulfonamides is 1. The summed E-state index contributed by atoms with van der Waals surface area (Å²) in [5.41, 5.74) is 6.54. The normalized spacial score (nSPS) is 21.5. The minimum absolute atomic E-state index is 0.0495. The van der Waals surface area contributed by atoms with Crippen LogP contribution in [0.2, 0.25) is 5.02 Å². The van der Waals surface area contributed by atoms with Crippen LogP contribution in [0.4, 0.5) is 0 Å². The molecule has 2 N–H and O–H groups in total. The van der Waals surface area contributed by atoms with Crippen LogP contribution in [0.3, 0.4) is 0 Å². The van der Waals surface area contributed by atoms with Gasteiger partial charge >= 0.3 is 0 Å². The smallest absolute Gasteiger partial charge is 0.239 e. The molecule has 0 fully saturated rings. The number of guanidine groups is 1. The van der Waals surface area contributed by atoms with Gasteiger partial charge in [0.2, 0.25) is 16.0 Å². The van der Waals surface area contributed by atoms with E-state index in [1.165, 1.54) is 23.2 Å². The van der Waals surface area contributed by atoms with Crippen molar-refractivity contribution < 1.29 is 8.42 Å². The van der Waals surface area contributed by atoms with Gasteiger partial charge in [-0.05, 0) is 30.7 Å². The molecule has 11 heteroatoms. The quantitative estimate of drug-likeness (QED) is 0.678. The zero-order valence-corrected chi connectivity index (χ0v) is 17.5. The summed E-state index contributed by atoms with van der Waals surface area (Å²) in [5.74, 6) is -0.250. The molecule has 1 aromatic carbocycles. The average Bonchev–Trinajstić information content (AvgIpc) is 3.29. The Morgan fingerprint density at radius 3 is 2.64 bits per heavy atom. The molecular weight excluding hydrogens is 420 g/mol. The zero-order chi connectivity index (χ0) is 20.1. The molecule has 1 atom stereocenters. The van der Waals surface area contributed by atoms with E-state index in [9.17, 15) is 8.42 Å². The van der Waals surface area contributed by atoms with Gasteiger partial charge in [-0.2, -0.15) is 15.0 Å². The fraction of sp³-hybridized carbons (Fsp3) is 0.235. The average molecular weight is 437 g/mol. The maximum atomic E-state index is 12.5. The molecule has 0 spiro atoms. The van der Waals surface area contributed by atoms with Gasteiger partial charge in [0.15, 0.2) is 0 Å². The summed E-state index contributed by atoms with van der Waals surface area (Å²) in [6.07, 6.45) is 3.22. The van der Waals surface area contributed by atoms with E-state index < -0.39 is 15.6 Å². The number of hydrogen-bond acceptors (Lipinski definition) is 7. The Morgan fingerprint density at radius 2 is 1.96 bits per heavy atom. The highest BCUT2D eigenvalue weighted by atomic mass is 35.5. The lowest BCUT2D eigenvalue weighted by Gasteiger charge is -2.33. The second-order valence-corrected chi connectivity index (χ2v) is 10.1. The molecule has 0 bridgehead atoms. The Morgan fingerprint density at radius 1 is 1.25 bits per heavy atom. The van der Waals surface area contributed by atoms with Crippen LogP contribution >= 0.6 is 22.9 Å². The second kappa shape index (κ2) is 6.57. The van der Waals surface area contributed by atoms with Crippen molar-refractivity contribution in [3.05, 3.63) is 52.6 Å². The summed E-state index contributed by atoms with van der Waals surface area (Å²) >= 11 is 7.90. The predicted octanol–water partition coefficient (Wildman–Crippen LogP) is 2.45. The van der Waals surface area contributed by atoms with Gasteiger partial charge in [-0.25, -0.2) is 17.7 Å². The SMILES string of the molecule is CN1C(N)=N[C@](C)(c2sc(-c3cccc(-n4nccn4)c3)cc2Cl)CS1(=O)=O. The lowest BCUT2D eigenvalue weighted by molar-refractivity contribution is 0.482. The first-order chi connectivity index (χ1) is 13.2. The molecule has 28 heavy (non-hydrogen) atoms. The number of aromatic nitrogens is 3. The Hall–Kier alpha value is -2.43. The van der Waals surface area contributed by atoms with Gasteiger partial charge in [0.1, 0.15) is 5.54 Å².